The summed E-state index contributed by atoms with van der Waals surface area (Å²) >= 11 is 3.34. The Bertz CT molecular complexity index is 592. The number of rotatable bonds is 9. The molecule has 0 aliphatic heterocycles. The van der Waals surface area contributed by atoms with Crippen molar-refractivity contribution in [1.29, 1.82) is 0 Å². The molecule has 22 heavy (non-hydrogen) atoms. The molecule has 0 saturated heterocycles. The molecular formula is C14H21BrN2O4S. The summed E-state index contributed by atoms with van der Waals surface area (Å²) in [6, 6.07) is 7.01. The van der Waals surface area contributed by atoms with E-state index >= 15 is 0 Å². The lowest BCUT2D eigenvalue weighted by atomic mass is 10.3. The number of amides is 1. The largest absolute Gasteiger partial charge is 0.385 e. The second-order valence-corrected chi connectivity index (χ2v) is 7.49. The van der Waals surface area contributed by atoms with Crippen molar-refractivity contribution in [2.45, 2.75) is 12.8 Å². The van der Waals surface area contributed by atoms with Gasteiger partial charge >= 0.3 is 0 Å². The molecule has 0 aliphatic carbocycles. The number of halogens is 1. The third kappa shape index (κ3) is 6.33. The molecule has 124 valence electrons. The van der Waals surface area contributed by atoms with Crippen LogP contribution in [0.4, 0.5) is 5.69 Å². The van der Waals surface area contributed by atoms with E-state index < -0.39 is 10.0 Å². The van der Waals surface area contributed by atoms with E-state index in [2.05, 4.69) is 21.2 Å². The number of nitrogens with one attached hydrogen (secondary N) is 1. The van der Waals surface area contributed by atoms with Gasteiger partial charge in [0.2, 0.25) is 15.9 Å². The number of hydrogen-bond acceptors (Lipinski definition) is 4. The molecule has 6 nitrogen and oxygen atoms in total. The summed E-state index contributed by atoms with van der Waals surface area (Å²) in [5.41, 5.74) is 0.525. The Kier molecular flexibility index (Phi) is 7.84. The first-order valence-corrected chi connectivity index (χ1v) is 9.48. The highest BCUT2D eigenvalue weighted by Gasteiger charge is 2.20. The summed E-state index contributed by atoms with van der Waals surface area (Å²) in [4.78, 5) is 11.8. The van der Waals surface area contributed by atoms with E-state index in [1.165, 1.54) is 4.31 Å². The Morgan fingerprint density at radius 3 is 2.64 bits per heavy atom. The molecule has 0 atom stereocenters. The number of benzene rings is 1. The van der Waals surface area contributed by atoms with Crippen LogP contribution in [0.25, 0.3) is 0 Å². The SMILES string of the molecule is COCCCNC(=O)CCN(c1ccccc1Br)S(C)(=O)=O. The average molecular weight is 393 g/mol. The average Bonchev–Trinajstić information content (AvgIpc) is 2.44. The minimum Gasteiger partial charge on any atom is -0.385 e. The van der Waals surface area contributed by atoms with Crippen LogP contribution in [0.3, 0.4) is 0 Å². The molecule has 1 N–H and O–H groups in total. The highest BCUT2D eigenvalue weighted by molar-refractivity contribution is 9.10. The summed E-state index contributed by atoms with van der Waals surface area (Å²) in [5, 5.41) is 2.74. The van der Waals surface area contributed by atoms with Gasteiger partial charge in [-0.3, -0.25) is 9.10 Å². The minimum atomic E-state index is -3.46. The molecule has 0 bridgehead atoms. The van der Waals surface area contributed by atoms with Crippen molar-refractivity contribution >= 4 is 37.5 Å². The molecular weight excluding hydrogens is 372 g/mol. The number of para-hydroxylation sites is 1. The number of ether oxygens (including phenoxy) is 1. The van der Waals surface area contributed by atoms with Gasteiger partial charge in [-0.1, -0.05) is 12.1 Å². The normalized spacial score (nSPS) is 11.2. The minimum absolute atomic E-state index is 0.0948. The highest BCUT2D eigenvalue weighted by Crippen LogP contribution is 2.27. The fourth-order valence-electron chi connectivity index (χ4n) is 1.85. The lowest BCUT2D eigenvalue weighted by molar-refractivity contribution is -0.120. The maximum Gasteiger partial charge on any atom is 0.232 e. The zero-order valence-electron chi connectivity index (χ0n) is 12.7. The number of carbonyl (C=O) groups excluding carboxylic acids is 1. The van der Waals surface area contributed by atoms with E-state index in [9.17, 15) is 13.2 Å². The summed E-state index contributed by atoms with van der Waals surface area (Å²) in [6.07, 6.45) is 1.95. The standard InChI is InChI=1S/C14H21BrN2O4S/c1-21-11-5-9-16-14(18)8-10-17(22(2,19)20)13-7-4-3-6-12(13)15/h3-4,6-7H,5,8-11H2,1-2H3,(H,16,18). The monoisotopic (exact) mass is 392 g/mol. The second kappa shape index (κ2) is 9.12. The zero-order chi connectivity index (χ0) is 16.6. The summed E-state index contributed by atoms with van der Waals surface area (Å²) in [5.74, 6) is -0.184. The van der Waals surface area contributed by atoms with Crippen molar-refractivity contribution in [2.75, 3.05) is 37.4 Å². The van der Waals surface area contributed by atoms with Crippen LogP contribution in [0.2, 0.25) is 0 Å². The maximum absolute atomic E-state index is 12.0. The van der Waals surface area contributed by atoms with Crippen molar-refractivity contribution in [3.63, 3.8) is 0 Å². The van der Waals surface area contributed by atoms with Crippen molar-refractivity contribution in [3.05, 3.63) is 28.7 Å². The second-order valence-electron chi connectivity index (χ2n) is 4.73. The van der Waals surface area contributed by atoms with Crippen LogP contribution < -0.4 is 9.62 Å². The van der Waals surface area contributed by atoms with Gasteiger partial charge in [-0.25, -0.2) is 8.42 Å². The fourth-order valence-corrected chi connectivity index (χ4v) is 3.41. The van der Waals surface area contributed by atoms with Gasteiger partial charge in [0, 0.05) is 37.7 Å². The zero-order valence-corrected chi connectivity index (χ0v) is 15.1. The number of anilines is 1. The van der Waals surface area contributed by atoms with E-state index in [-0.39, 0.29) is 18.9 Å². The highest BCUT2D eigenvalue weighted by atomic mass is 79.9. The summed E-state index contributed by atoms with van der Waals surface area (Å²) in [6.45, 7) is 1.19. The van der Waals surface area contributed by atoms with Crippen molar-refractivity contribution in [2.24, 2.45) is 0 Å². The summed E-state index contributed by atoms with van der Waals surface area (Å²) < 4.78 is 30.7. The van der Waals surface area contributed by atoms with E-state index in [0.717, 1.165) is 12.7 Å². The molecule has 8 heteroatoms. The number of carbonyl (C=O) groups is 1. The quantitative estimate of drug-likeness (QED) is 0.649. The number of methoxy groups -OCH3 is 1. The predicted molar refractivity (Wildman–Crippen MR) is 90.5 cm³/mol. The van der Waals surface area contributed by atoms with Crippen LogP contribution in [-0.4, -0.2) is 47.4 Å². The first kappa shape index (κ1) is 18.9. The number of hydrogen-bond donors (Lipinski definition) is 1. The molecule has 0 radical (unpaired) electrons. The van der Waals surface area contributed by atoms with Crippen LogP contribution in [0.15, 0.2) is 28.7 Å². The Hall–Kier alpha value is -1.12. The first-order valence-electron chi connectivity index (χ1n) is 6.84. The Morgan fingerprint density at radius 2 is 2.05 bits per heavy atom. The molecule has 0 aromatic heterocycles. The lowest BCUT2D eigenvalue weighted by Gasteiger charge is -2.23. The first-order chi connectivity index (χ1) is 10.4. The van der Waals surface area contributed by atoms with Crippen LogP contribution in [-0.2, 0) is 19.6 Å². The van der Waals surface area contributed by atoms with Gasteiger partial charge in [0.05, 0.1) is 11.9 Å². The maximum atomic E-state index is 12.0. The third-order valence-electron chi connectivity index (χ3n) is 2.91. The fraction of sp³-hybridized carbons (Fsp3) is 0.500. The van der Waals surface area contributed by atoms with E-state index in [0.29, 0.717) is 23.3 Å². The van der Waals surface area contributed by atoms with Gasteiger partial charge in [0.1, 0.15) is 0 Å². The summed E-state index contributed by atoms with van der Waals surface area (Å²) in [7, 11) is -1.86. The molecule has 0 saturated carbocycles. The molecule has 1 aromatic rings. The third-order valence-corrected chi connectivity index (χ3v) is 4.76. The van der Waals surface area contributed by atoms with Gasteiger partial charge in [0.15, 0.2) is 0 Å². The molecule has 0 fully saturated rings. The van der Waals surface area contributed by atoms with Gasteiger partial charge in [0.25, 0.3) is 0 Å². The smallest absolute Gasteiger partial charge is 0.232 e. The van der Waals surface area contributed by atoms with Crippen molar-refractivity contribution in [3.8, 4) is 0 Å². The molecule has 0 aliphatic rings. The topological polar surface area (TPSA) is 75.7 Å². The van der Waals surface area contributed by atoms with Crippen LogP contribution >= 0.6 is 15.9 Å². The molecule has 1 aromatic carbocycles. The van der Waals surface area contributed by atoms with E-state index in [4.69, 9.17) is 4.74 Å². The Balaban J connectivity index is 2.65. The van der Waals surface area contributed by atoms with Crippen LogP contribution in [0.1, 0.15) is 12.8 Å². The van der Waals surface area contributed by atoms with Gasteiger partial charge in [-0.2, -0.15) is 0 Å². The van der Waals surface area contributed by atoms with Gasteiger partial charge in [-0.05, 0) is 34.5 Å². The van der Waals surface area contributed by atoms with E-state index in [1.807, 2.05) is 0 Å². The van der Waals surface area contributed by atoms with Crippen LogP contribution in [0.5, 0.6) is 0 Å². The molecule has 1 rings (SSSR count). The molecule has 1 amide bonds. The van der Waals surface area contributed by atoms with Gasteiger partial charge in [-0.15, -0.1) is 0 Å². The van der Waals surface area contributed by atoms with Gasteiger partial charge < -0.3 is 10.1 Å². The number of nitrogens with zero attached hydrogens (tertiary/aromatic N) is 1. The Morgan fingerprint density at radius 1 is 1.36 bits per heavy atom. The van der Waals surface area contributed by atoms with Crippen molar-refractivity contribution < 1.29 is 17.9 Å². The molecule has 0 unspecified atom stereocenters. The molecule has 0 heterocycles. The number of sulfonamides is 1. The predicted octanol–water partition coefficient (Wildman–Crippen LogP) is 1.76. The molecule has 0 spiro atoms. The Labute approximate surface area is 140 Å². The van der Waals surface area contributed by atoms with Crippen LogP contribution in [0, 0.1) is 0 Å². The van der Waals surface area contributed by atoms with Crippen molar-refractivity contribution in [1.82, 2.24) is 5.32 Å². The van der Waals surface area contributed by atoms with E-state index in [1.54, 1.807) is 31.4 Å². The lowest BCUT2D eigenvalue weighted by Crippen LogP contribution is -2.35.